The van der Waals surface area contributed by atoms with Gasteiger partial charge >= 0.3 is 0 Å². The number of ether oxygens (including phenoxy) is 1. The van der Waals surface area contributed by atoms with Crippen LogP contribution in [0.2, 0.25) is 0 Å². The lowest BCUT2D eigenvalue weighted by Gasteiger charge is -2.26. The van der Waals surface area contributed by atoms with Gasteiger partial charge in [-0.15, -0.1) is 11.3 Å². The first-order valence-corrected chi connectivity index (χ1v) is 7.56. The number of carbonyl (C=O) groups is 2. The van der Waals surface area contributed by atoms with Gasteiger partial charge in [0.2, 0.25) is 11.8 Å². The number of nitrogens with one attached hydrogen (secondary N) is 1. The first-order valence-electron chi connectivity index (χ1n) is 6.68. The fraction of sp³-hybridized carbons (Fsp3) is 0.615. The second kappa shape index (κ2) is 7.35. The number of aryl methyl sites for hydroxylation is 1. The topological polar surface area (TPSA) is 71.5 Å². The third-order valence-electron chi connectivity index (χ3n) is 3.03. The quantitative estimate of drug-likeness (QED) is 0.869. The zero-order valence-corrected chi connectivity index (χ0v) is 12.4. The molecule has 20 heavy (non-hydrogen) atoms. The molecule has 1 N–H and O–H groups in total. The van der Waals surface area contributed by atoms with Crippen molar-refractivity contribution in [1.82, 2.24) is 15.2 Å². The number of carbonyl (C=O) groups excluding carboxylic acids is 2. The van der Waals surface area contributed by atoms with E-state index in [0.29, 0.717) is 32.8 Å². The molecular formula is C13H19N3O3S. The monoisotopic (exact) mass is 297 g/mol. The van der Waals surface area contributed by atoms with E-state index in [9.17, 15) is 9.59 Å². The van der Waals surface area contributed by atoms with Gasteiger partial charge in [-0.1, -0.05) is 0 Å². The van der Waals surface area contributed by atoms with Crippen molar-refractivity contribution in [2.45, 2.75) is 26.3 Å². The van der Waals surface area contributed by atoms with Crippen molar-refractivity contribution in [1.29, 1.82) is 0 Å². The zero-order chi connectivity index (χ0) is 14.4. The Labute approximate surface area is 122 Å². The van der Waals surface area contributed by atoms with Crippen molar-refractivity contribution in [3.8, 4) is 0 Å². The molecule has 1 fully saturated rings. The fourth-order valence-electron chi connectivity index (χ4n) is 1.94. The molecule has 1 saturated heterocycles. The number of thiazole rings is 1. The minimum atomic E-state index is -0.112. The van der Waals surface area contributed by atoms with Gasteiger partial charge in [0.25, 0.3) is 0 Å². The van der Waals surface area contributed by atoms with Gasteiger partial charge in [0.1, 0.15) is 5.01 Å². The molecule has 0 aromatic carbocycles. The number of hydrogen-bond acceptors (Lipinski definition) is 5. The maximum absolute atomic E-state index is 11.9. The molecule has 110 valence electrons. The number of aromatic nitrogens is 1. The largest absolute Gasteiger partial charge is 0.378 e. The molecule has 0 aliphatic carbocycles. The van der Waals surface area contributed by atoms with Gasteiger partial charge in [0, 0.05) is 37.0 Å². The highest BCUT2D eigenvalue weighted by Gasteiger charge is 2.17. The standard InChI is InChI=1S/C13H19N3O3S/c1-10-9-20-12(15-10)8-14-11(17)2-3-13(18)16-4-6-19-7-5-16/h9H,2-8H2,1H3,(H,14,17). The summed E-state index contributed by atoms with van der Waals surface area (Å²) in [5.74, 6) is -0.0898. The van der Waals surface area contributed by atoms with Crippen molar-refractivity contribution in [3.05, 3.63) is 16.1 Å². The lowest BCUT2D eigenvalue weighted by atomic mass is 10.2. The molecule has 1 aliphatic heterocycles. The molecule has 2 rings (SSSR count). The average Bonchev–Trinajstić information content (AvgIpc) is 2.89. The van der Waals surface area contributed by atoms with E-state index in [1.54, 1.807) is 4.90 Å². The highest BCUT2D eigenvalue weighted by Crippen LogP contribution is 2.08. The molecule has 0 atom stereocenters. The van der Waals surface area contributed by atoms with Crippen LogP contribution in [0, 0.1) is 6.92 Å². The summed E-state index contributed by atoms with van der Waals surface area (Å²) in [5, 5.41) is 5.62. The smallest absolute Gasteiger partial charge is 0.223 e. The van der Waals surface area contributed by atoms with E-state index in [4.69, 9.17) is 4.74 Å². The first-order chi connectivity index (χ1) is 9.65. The summed E-state index contributed by atoms with van der Waals surface area (Å²) in [6.07, 6.45) is 0.475. The number of rotatable bonds is 5. The van der Waals surface area contributed by atoms with E-state index >= 15 is 0 Å². The summed E-state index contributed by atoms with van der Waals surface area (Å²) >= 11 is 1.52. The molecule has 0 spiro atoms. The predicted octanol–water partition coefficient (Wildman–Crippen LogP) is 0.707. The molecule has 1 aromatic rings. The Morgan fingerprint density at radius 2 is 2.15 bits per heavy atom. The molecule has 2 amide bonds. The van der Waals surface area contributed by atoms with Crippen molar-refractivity contribution in [3.63, 3.8) is 0 Å². The summed E-state index contributed by atoms with van der Waals surface area (Å²) in [5.41, 5.74) is 0.960. The third kappa shape index (κ3) is 4.57. The highest BCUT2D eigenvalue weighted by molar-refractivity contribution is 7.09. The number of morpholine rings is 1. The van der Waals surface area contributed by atoms with E-state index in [1.807, 2.05) is 12.3 Å². The van der Waals surface area contributed by atoms with Crippen LogP contribution in [0.15, 0.2) is 5.38 Å². The number of amides is 2. The van der Waals surface area contributed by atoms with E-state index in [-0.39, 0.29) is 24.7 Å². The van der Waals surface area contributed by atoms with Crippen molar-refractivity contribution in [2.24, 2.45) is 0 Å². The number of hydrogen-bond donors (Lipinski definition) is 1. The lowest BCUT2D eigenvalue weighted by Crippen LogP contribution is -2.41. The van der Waals surface area contributed by atoms with Crippen LogP contribution in [0.4, 0.5) is 0 Å². The maximum Gasteiger partial charge on any atom is 0.223 e. The van der Waals surface area contributed by atoms with Crippen LogP contribution in [0.3, 0.4) is 0 Å². The second-order valence-corrected chi connectivity index (χ2v) is 5.60. The summed E-state index contributed by atoms with van der Waals surface area (Å²) in [4.78, 5) is 29.6. The summed E-state index contributed by atoms with van der Waals surface area (Å²) < 4.78 is 5.19. The summed E-state index contributed by atoms with van der Waals surface area (Å²) in [7, 11) is 0. The van der Waals surface area contributed by atoms with E-state index < -0.39 is 0 Å². The van der Waals surface area contributed by atoms with E-state index in [2.05, 4.69) is 10.3 Å². The molecule has 0 bridgehead atoms. The first kappa shape index (κ1) is 14.9. The molecule has 0 saturated carbocycles. The molecule has 0 radical (unpaired) electrons. The molecule has 6 nitrogen and oxygen atoms in total. The molecule has 0 unspecified atom stereocenters. The Kier molecular flexibility index (Phi) is 5.49. The van der Waals surface area contributed by atoms with Crippen LogP contribution < -0.4 is 5.32 Å². The van der Waals surface area contributed by atoms with Crippen LogP contribution in [-0.2, 0) is 20.9 Å². The molecule has 2 heterocycles. The summed E-state index contributed by atoms with van der Waals surface area (Å²) in [6, 6.07) is 0. The average molecular weight is 297 g/mol. The van der Waals surface area contributed by atoms with E-state index in [0.717, 1.165) is 10.7 Å². The Morgan fingerprint density at radius 1 is 1.40 bits per heavy atom. The zero-order valence-electron chi connectivity index (χ0n) is 11.6. The van der Waals surface area contributed by atoms with Gasteiger partial charge in [0.15, 0.2) is 0 Å². The van der Waals surface area contributed by atoms with Crippen molar-refractivity contribution in [2.75, 3.05) is 26.3 Å². The van der Waals surface area contributed by atoms with Crippen molar-refractivity contribution >= 4 is 23.2 Å². The van der Waals surface area contributed by atoms with Gasteiger partial charge < -0.3 is 15.0 Å². The van der Waals surface area contributed by atoms with Crippen LogP contribution in [0.25, 0.3) is 0 Å². The molecule has 1 aliphatic rings. The van der Waals surface area contributed by atoms with Crippen LogP contribution in [0.1, 0.15) is 23.5 Å². The van der Waals surface area contributed by atoms with Crippen LogP contribution in [-0.4, -0.2) is 48.0 Å². The third-order valence-corrected chi connectivity index (χ3v) is 4.00. The number of nitrogens with zero attached hydrogens (tertiary/aromatic N) is 2. The van der Waals surface area contributed by atoms with Gasteiger partial charge in [-0.25, -0.2) is 4.98 Å². The normalized spacial score (nSPS) is 15.2. The second-order valence-electron chi connectivity index (χ2n) is 4.65. The predicted molar refractivity (Wildman–Crippen MR) is 75.3 cm³/mol. The minimum absolute atomic E-state index is 0.0218. The van der Waals surface area contributed by atoms with Crippen LogP contribution in [0.5, 0.6) is 0 Å². The van der Waals surface area contributed by atoms with Crippen molar-refractivity contribution < 1.29 is 14.3 Å². The Hall–Kier alpha value is -1.47. The Bertz CT molecular complexity index is 469. The highest BCUT2D eigenvalue weighted by atomic mass is 32.1. The maximum atomic E-state index is 11.9. The van der Waals surface area contributed by atoms with Gasteiger partial charge in [0.05, 0.1) is 19.8 Å². The van der Waals surface area contributed by atoms with Gasteiger partial charge in [-0.3, -0.25) is 9.59 Å². The van der Waals surface area contributed by atoms with Gasteiger partial charge in [-0.2, -0.15) is 0 Å². The molecule has 7 heteroatoms. The molecule has 1 aromatic heterocycles. The Balaban J connectivity index is 1.65. The summed E-state index contributed by atoms with van der Waals surface area (Å²) in [6.45, 7) is 4.77. The van der Waals surface area contributed by atoms with Crippen LogP contribution >= 0.6 is 11.3 Å². The molecular weight excluding hydrogens is 278 g/mol. The van der Waals surface area contributed by atoms with Gasteiger partial charge in [-0.05, 0) is 6.92 Å². The minimum Gasteiger partial charge on any atom is -0.378 e. The van der Waals surface area contributed by atoms with E-state index in [1.165, 1.54) is 11.3 Å². The lowest BCUT2D eigenvalue weighted by molar-refractivity contribution is -0.137. The fourth-order valence-corrected chi connectivity index (χ4v) is 2.65. The SMILES string of the molecule is Cc1csc(CNC(=O)CCC(=O)N2CCOCC2)n1. The Morgan fingerprint density at radius 3 is 2.80 bits per heavy atom.